The largest absolute Gasteiger partial charge is 0.412 e. The molecule has 244 valence electrons. The lowest BCUT2D eigenvalue weighted by Crippen LogP contribution is -2.16. The minimum Gasteiger partial charge on any atom is -0.412 e. The molecule has 0 fully saturated rings. The first-order valence-electron chi connectivity index (χ1n) is 16.0. The van der Waals surface area contributed by atoms with E-state index in [9.17, 15) is 0 Å². The van der Waals surface area contributed by atoms with Gasteiger partial charge in [-0.2, -0.15) is 0 Å². The Bertz CT molecular complexity index is 1730. The molecule has 0 aliphatic carbocycles. The highest BCUT2D eigenvalue weighted by Gasteiger charge is 2.09. The highest BCUT2D eigenvalue weighted by atomic mass is 16.0. The maximum absolute atomic E-state index is 4.21. The van der Waals surface area contributed by atoms with Crippen LogP contribution in [0.1, 0.15) is 22.3 Å². The van der Waals surface area contributed by atoms with Crippen molar-refractivity contribution in [1.29, 1.82) is 0 Å². The van der Waals surface area contributed by atoms with Gasteiger partial charge in [0.05, 0.1) is 0 Å². The number of nitrogens with one attached hydrogen (secondary N) is 2. The molecule has 2 heterocycles. The van der Waals surface area contributed by atoms with Gasteiger partial charge in [-0.1, -0.05) is 121 Å². The van der Waals surface area contributed by atoms with Gasteiger partial charge in [-0.15, -0.1) is 0 Å². The van der Waals surface area contributed by atoms with Crippen molar-refractivity contribution in [3.8, 4) is 23.7 Å². The normalized spacial score (nSPS) is 10.9. The zero-order valence-corrected chi connectivity index (χ0v) is 27.3. The van der Waals surface area contributed by atoms with Crippen LogP contribution in [0.4, 0.5) is 11.9 Å². The molecule has 0 unspecified atom stereocenters. The molecule has 0 amide bonds. The van der Waals surface area contributed by atoms with Crippen LogP contribution in [0.2, 0.25) is 0 Å². The van der Waals surface area contributed by atoms with Gasteiger partial charge in [0.1, 0.15) is 0 Å². The average molecular weight is 645 g/mol. The summed E-state index contributed by atoms with van der Waals surface area (Å²) in [6, 6.07) is 44.6. The number of anilines is 2. The molecular weight excluding hydrogens is 605 g/mol. The van der Waals surface area contributed by atoms with E-state index in [0.29, 0.717) is 25.0 Å². The van der Waals surface area contributed by atoms with Gasteiger partial charge in [-0.05, 0) is 60.4 Å². The zero-order valence-electron chi connectivity index (χ0n) is 27.3. The summed E-state index contributed by atoms with van der Waals surface area (Å²) in [6.07, 6.45) is 8.71. The zero-order chi connectivity index (χ0) is 32.9. The molecule has 6 aromatic rings. The van der Waals surface area contributed by atoms with Crippen molar-refractivity contribution in [2.45, 2.75) is 12.8 Å². The number of aromatic nitrogens is 4. The maximum atomic E-state index is 4.21. The van der Waals surface area contributed by atoms with Crippen molar-refractivity contribution in [2.24, 2.45) is 11.8 Å². The minimum atomic E-state index is 0. The fourth-order valence-electron chi connectivity index (χ4n) is 4.77. The number of hydrogen-bond acceptors (Lipinski definition) is 6. The van der Waals surface area contributed by atoms with Gasteiger partial charge in [0.25, 0.3) is 0 Å². The van der Waals surface area contributed by atoms with E-state index < -0.39 is 0 Å². The summed E-state index contributed by atoms with van der Waals surface area (Å²) in [7, 11) is 0. The summed E-state index contributed by atoms with van der Waals surface area (Å²) in [5, 5.41) is 6.55. The lowest BCUT2D eigenvalue weighted by molar-refractivity contribution is 0.701. The Morgan fingerprint density at radius 3 is 1.10 bits per heavy atom. The maximum Gasteiger partial charge on any atom is 0.222 e. The molecule has 0 saturated carbocycles. The summed E-state index contributed by atoms with van der Waals surface area (Å²) >= 11 is 0. The van der Waals surface area contributed by atoms with E-state index >= 15 is 0 Å². The SMILES string of the molecule is C(#C[C@@H](CNc1ncccn1)Cc1ccccc1)c1ccccc1.C(#C[C@@H](CNc1ncccn1)Cc1ccccc1)c1ccccc1.O. The second-order valence-corrected chi connectivity index (χ2v) is 11.0. The van der Waals surface area contributed by atoms with Crippen LogP contribution in [0.5, 0.6) is 0 Å². The van der Waals surface area contributed by atoms with E-state index in [1.54, 1.807) is 24.8 Å². The lowest BCUT2D eigenvalue weighted by atomic mass is 9.99. The van der Waals surface area contributed by atoms with Crippen molar-refractivity contribution >= 4 is 11.9 Å². The molecule has 2 atom stereocenters. The van der Waals surface area contributed by atoms with E-state index in [0.717, 1.165) is 24.0 Å². The Morgan fingerprint density at radius 1 is 0.429 bits per heavy atom. The molecular formula is C42H40N6O. The van der Waals surface area contributed by atoms with Crippen LogP contribution in [-0.2, 0) is 12.8 Å². The summed E-state index contributed by atoms with van der Waals surface area (Å²) in [6.45, 7) is 1.41. The van der Waals surface area contributed by atoms with Crippen LogP contribution in [0, 0.1) is 35.5 Å². The van der Waals surface area contributed by atoms with Gasteiger partial charge in [-0.25, -0.2) is 19.9 Å². The molecule has 0 saturated heterocycles. The molecule has 7 nitrogen and oxygen atoms in total. The minimum absolute atomic E-state index is 0. The van der Waals surface area contributed by atoms with Crippen LogP contribution >= 0.6 is 0 Å². The number of benzene rings is 4. The second-order valence-electron chi connectivity index (χ2n) is 11.0. The summed E-state index contributed by atoms with van der Waals surface area (Å²) in [5.41, 5.74) is 4.62. The van der Waals surface area contributed by atoms with Crippen LogP contribution < -0.4 is 10.6 Å². The van der Waals surface area contributed by atoms with Crippen molar-refractivity contribution < 1.29 is 5.48 Å². The van der Waals surface area contributed by atoms with Crippen molar-refractivity contribution in [1.82, 2.24) is 19.9 Å². The molecule has 0 bridgehead atoms. The number of hydrogen-bond donors (Lipinski definition) is 2. The predicted octanol–water partition coefficient (Wildman–Crippen LogP) is 6.77. The van der Waals surface area contributed by atoms with E-state index in [4.69, 9.17) is 0 Å². The standard InChI is InChI=1S/2C21H19N3.H2O/c2*1-3-8-18(9-4-1)12-13-20(16-19-10-5-2-6-11-19)17-24-21-22-14-7-15-23-21;/h2*1-11,14-15,20H,16-17H2,(H,22,23,24);1H2/t2*20-;/m11./s1. The Hall–Kier alpha value is -6.28. The molecule has 0 spiro atoms. The van der Waals surface area contributed by atoms with E-state index in [1.165, 1.54) is 11.1 Å². The third kappa shape index (κ3) is 13.5. The van der Waals surface area contributed by atoms with Gasteiger partial charge >= 0.3 is 0 Å². The Labute approximate surface area is 289 Å². The first-order valence-corrected chi connectivity index (χ1v) is 16.0. The van der Waals surface area contributed by atoms with Crippen LogP contribution in [0.3, 0.4) is 0 Å². The molecule has 2 aromatic heterocycles. The Morgan fingerprint density at radius 2 is 0.755 bits per heavy atom. The third-order valence-electron chi connectivity index (χ3n) is 7.18. The van der Waals surface area contributed by atoms with Gasteiger partial charge in [-0.3, -0.25) is 0 Å². The van der Waals surface area contributed by atoms with Crippen molar-refractivity contribution in [3.63, 3.8) is 0 Å². The van der Waals surface area contributed by atoms with Gasteiger partial charge < -0.3 is 16.1 Å². The van der Waals surface area contributed by atoms with Gasteiger partial charge in [0, 0.05) is 60.8 Å². The van der Waals surface area contributed by atoms with Gasteiger partial charge in [0.2, 0.25) is 11.9 Å². The summed E-state index contributed by atoms with van der Waals surface area (Å²) in [5.74, 6) is 14.9. The van der Waals surface area contributed by atoms with Crippen LogP contribution in [-0.4, -0.2) is 38.5 Å². The summed E-state index contributed by atoms with van der Waals surface area (Å²) in [4.78, 5) is 16.8. The molecule has 49 heavy (non-hydrogen) atoms. The highest BCUT2D eigenvalue weighted by molar-refractivity contribution is 5.37. The van der Waals surface area contributed by atoms with Crippen molar-refractivity contribution in [2.75, 3.05) is 23.7 Å². The molecule has 0 aliphatic heterocycles. The second kappa shape index (κ2) is 20.8. The molecule has 7 heteroatoms. The first kappa shape index (κ1) is 35.6. The van der Waals surface area contributed by atoms with E-state index in [-0.39, 0.29) is 17.3 Å². The molecule has 4 aromatic carbocycles. The van der Waals surface area contributed by atoms with Crippen LogP contribution in [0.25, 0.3) is 0 Å². The van der Waals surface area contributed by atoms with Gasteiger partial charge in [0.15, 0.2) is 0 Å². The number of rotatable bonds is 10. The molecule has 4 N–H and O–H groups in total. The van der Waals surface area contributed by atoms with E-state index in [1.807, 2.05) is 84.9 Å². The van der Waals surface area contributed by atoms with Crippen molar-refractivity contribution in [3.05, 3.63) is 181 Å². The smallest absolute Gasteiger partial charge is 0.222 e. The fraction of sp³-hybridized carbons (Fsp3) is 0.143. The summed E-state index contributed by atoms with van der Waals surface area (Å²) < 4.78 is 0. The van der Waals surface area contributed by atoms with Crippen LogP contribution in [0.15, 0.2) is 158 Å². The first-order chi connectivity index (χ1) is 23.8. The lowest BCUT2D eigenvalue weighted by Gasteiger charge is -2.12. The highest BCUT2D eigenvalue weighted by Crippen LogP contribution is 2.11. The Balaban J connectivity index is 0.000000216. The quantitative estimate of drug-likeness (QED) is 0.159. The molecule has 6 rings (SSSR count). The molecule has 0 aliphatic rings. The molecule has 0 radical (unpaired) electrons. The Kier molecular flexibility index (Phi) is 15.1. The fourth-order valence-corrected chi connectivity index (χ4v) is 4.77. The van der Waals surface area contributed by atoms with E-state index in [2.05, 4.69) is 103 Å². The monoisotopic (exact) mass is 644 g/mol. The predicted molar refractivity (Wildman–Crippen MR) is 199 cm³/mol. The topological polar surface area (TPSA) is 107 Å². The average Bonchev–Trinajstić information content (AvgIpc) is 3.16. The third-order valence-corrected chi connectivity index (χ3v) is 7.18. The number of nitrogens with zero attached hydrogens (tertiary/aromatic N) is 4.